The van der Waals surface area contributed by atoms with Gasteiger partial charge in [-0.15, -0.1) is 0 Å². The molecule has 3 rings (SSSR count). The first kappa shape index (κ1) is 25.8. The van der Waals surface area contributed by atoms with Crippen LogP contribution in [0, 0.1) is 0 Å². The van der Waals surface area contributed by atoms with Gasteiger partial charge in [0.2, 0.25) is 11.8 Å². The zero-order chi connectivity index (χ0) is 25.5. The molecule has 1 heterocycles. The van der Waals surface area contributed by atoms with E-state index >= 15 is 0 Å². The number of nitrogens with zero attached hydrogens (tertiary/aromatic N) is 1. The number of fused-ring (bicyclic) bond motifs is 1. The maximum absolute atomic E-state index is 13.3. The topological polar surface area (TPSA) is 150 Å². The molecule has 0 aliphatic rings. The maximum atomic E-state index is 13.3. The fraction of sp³-hybridized carbons (Fsp3) is 0.292. The smallest absolute Gasteiger partial charge is 0.329 e. The second kappa shape index (κ2) is 11.5. The predicted molar refractivity (Wildman–Crippen MR) is 134 cm³/mol. The Morgan fingerprint density at radius 1 is 1.00 bits per heavy atom. The molecular weight excluding hydrogens is 472 g/mol. The minimum Gasteiger partial charge on any atom is -0.480 e. The van der Waals surface area contributed by atoms with Crippen molar-refractivity contribution in [2.45, 2.75) is 31.5 Å². The first-order valence-electron chi connectivity index (χ1n) is 10.8. The van der Waals surface area contributed by atoms with Crippen LogP contribution in [0.2, 0.25) is 0 Å². The number of thioether (sulfide) groups is 1. The third-order valence-corrected chi connectivity index (χ3v) is 6.09. The number of carbonyl (C=O) groups excluding carboxylic acids is 2. The first-order chi connectivity index (χ1) is 16.7. The minimum atomic E-state index is -1.25. The van der Waals surface area contributed by atoms with Gasteiger partial charge in [0.05, 0.1) is 10.9 Å². The molecule has 1 aromatic heterocycles. The van der Waals surface area contributed by atoms with E-state index in [1.54, 1.807) is 60.9 Å². The number of carboxylic acid groups (broad SMARTS) is 1. The Balaban J connectivity index is 1.94. The lowest BCUT2D eigenvalue weighted by atomic mass is 10.0. The van der Waals surface area contributed by atoms with Gasteiger partial charge in [0.25, 0.3) is 5.56 Å². The van der Waals surface area contributed by atoms with Gasteiger partial charge in [-0.05, 0) is 30.9 Å². The van der Waals surface area contributed by atoms with Gasteiger partial charge < -0.3 is 20.7 Å². The summed E-state index contributed by atoms with van der Waals surface area (Å²) in [5.74, 6) is -2.46. The molecule has 2 amide bonds. The Labute approximate surface area is 204 Å². The normalized spacial score (nSPS) is 13.5. The van der Waals surface area contributed by atoms with Crippen LogP contribution < -0.4 is 21.9 Å². The molecule has 4 N–H and O–H groups in total. The average Bonchev–Trinajstić information content (AvgIpc) is 2.83. The molecule has 184 valence electrons. The number of rotatable bonds is 10. The number of benzene rings is 2. The second-order valence-electron chi connectivity index (χ2n) is 7.94. The van der Waals surface area contributed by atoms with E-state index in [9.17, 15) is 29.1 Å². The van der Waals surface area contributed by atoms with Crippen LogP contribution >= 0.6 is 11.8 Å². The van der Waals surface area contributed by atoms with E-state index in [1.807, 2.05) is 0 Å². The molecule has 2 aromatic carbocycles. The maximum Gasteiger partial charge on any atom is 0.329 e. The summed E-state index contributed by atoms with van der Waals surface area (Å²) >= 11 is 1.25. The van der Waals surface area contributed by atoms with Crippen molar-refractivity contribution in [3.8, 4) is 0 Å². The SMILES string of the molecule is CSC[C@H](NC(=O)[C@H](C)NC(=O)[C@H](Cc1ccccc1)n1c(=O)[nH]c2ccccc2c1=O)C(=O)O. The number of para-hydroxylation sites is 1. The van der Waals surface area contributed by atoms with Crippen molar-refractivity contribution in [1.82, 2.24) is 20.2 Å². The average molecular weight is 499 g/mol. The van der Waals surface area contributed by atoms with E-state index < -0.39 is 47.2 Å². The summed E-state index contributed by atoms with van der Waals surface area (Å²) in [6.45, 7) is 1.40. The highest BCUT2D eigenvalue weighted by Crippen LogP contribution is 2.14. The van der Waals surface area contributed by atoms with Crippen molar-refractivity contribution >= 4 is 40.4 Å². The molecule has 35 heavy (non-hydrogen) atoms. The molecule has 3 aromatic rings. The van der Waals surface area contributed by atoms with Crippen molar-refractivity contribution < 1.29 is 19.5 Å². The lowest BCUT2D eigenvalue weighted by Gasteiger charge is -2.23. The fourth-order valence-corrected chi connectivity index (χ4v) is 4.17. The van der Waals surface area contributed by atoms with Crippen molar-refractivity contribution in [3.63, 3.8) is 0 Å². The van der Waals surface area contributed by atoms with Gasteiger partial charge in [0.1, 0.15) is 18.1 Å². The summed E-state index contributed by atoms with van der Waals surface area (Å²) in [6.07, 6.45) is 1.73. The summed E-state index contributed by atoms with van der Waals surface area (Å²) in [5.41, 5.74) is -0.342. The first-order valence-corrected chi connectivity index (χ1v) is 12.2. The van der Waals surface area contributed by atoms with Gasteiger partial charge in [0.15, 0.2) is 0 Å². The van der Waals surface area contributed by atoms with Gasteiger partial charge in [-0.25, -0.2) is 14.2 Å². The van der Waals surface area contributed by atoms with Crippen LogP contribution in [-0.2, 0) is 20.8 Å². The number of aliphatic carboxylic acids is 1. The summed E-state index contributed by atoms with van der Waals surface area (Å²) in [6, 6.07) is 11.8. The van der Waals surface area contributed by atoms with Gasteiger partial charge >= 0.3 is 11.7 Å². The van der Waals surface area contributed by atoms with E-state index in [2.05, 4.69) is 15.6 Å². The summed E-state index contributed by atoms with van der Waals surface area (Å²) in [7, 11) is 0. The Hall–Kier alpha value is -3.86. The van der Waals surface area contributed by atoms with Crippen LogP contribution in [0.5, 0.6) is 0 Å². The molecular formula is C24H26N4O6S. The summed E-state index contributed by atoms with van der Waals surface area (Å²) in [5, 5.41) is 14.4. The zero-order valence-electron chi connectivity index (χ0n) is 19.2. The van der Waals surface area contributed by atoms with Gasteiger partial charge in [-0.2, -0.15) is 11.8 Å². The van der Waals surface area contributed by atoms with E-state index in [0.29, 0.717) is 11.1 Å². The standard InChI is InChI=1S/C24H26N4O6S/c1-14(20(29)26-18(13-35-2)23(32)33)25-21(30)19(12-15-8-4-3-5-9-15)28-22(31)16-10-6-7-11-17(16)27-24(28)34/h3-11,14,18-19H,12-13H2,1-2H3,(H,25,30)(H,26,29)(H,27,34)(H,32,33)/t14-,18-,19-/m0/s1. The highest BCUT2D eigenvalue weighted by molar-refractivity contribution is 7.98. The van der Waals surface area contributed by atoms with E-state index in [1.165, 1.54) is 18.7 Å². The number of carbonyl (C=O) groups is 3. The van der Waals surface area contributed by atoms with Crippen LogP contribution in [0.4, 0.5) is 0 Å². The molecule has 0 saturated carbocycles. The fourth-order valence-electron chi connectivity index (χ4n) is 3.61. The molecule has 0 spiro atoms. The lowest BCUT2D eigenvalue weighted by molar-refractivity contribution is -0.141. The Kier molecular flexibility index (Phi) is 8.48. The van der Waals surface area contributed by atoms with Crippen LogP contribution in [0.15, 0.2) is 64.2 Å². The van der Waals surface area contributed by atoms with E-state index in [-0.39, 0.29) is 17.6 Å². The Morgan fingerprint density at radius 2 is 1.66 bits per heavy atom. The highest BCUT2D eigenvalue weighted by atomic mass is 32.2. The minimum absolute atomic E-state index is 0.0204. The molecule has 0 radical (unpaired) electrons. The molecule has 0 unspecified atom stereocenters. The number of hydrogen-bond donors (Lipinski definition) is 4. The quantitative estimate of drug-likeness (QED) is 0.324. The molecule has 0 bridgehead atoms. The monoisotopic (exact) mass is 498 g/mol. The second-order valence-corrected chi connectivity index (χ2v) is 8.85. The molecule has 0 fully saturated rings. The van der Waals surface area contributed by atoms with Gasteiger partial charge in [-0.3, -0.25) is 14.4 Å². The molecule has 0 aliphatic carbocycles. The Bertz CT molecular complexity index is 1340. The van der Waals surface area contributed by atoms with Gasteiger partial charge in [-0.1, -0.05) is 42.5 Å². The highest BCUT2D eigenvalue weighted by Gasteiger charge is 2.29. The van der Waals surface area contributed by atoms with Crippen molar-refractivity contribution in [1.29, 1.82) is 0 Å². The summed E-state index contributed by atoms with van der Waals surface area (Å²) < 4.78 is 0.850. The van der Waals surface area contributed by atoms with Crippen molar-refractivity contribution in [3.05, 3.63) is 81.0 Å². The predicted octanol–water partition coefficient (Wildman–Crippen LogP) is 0.911. The lowest BCUT2D eigenvalue weighted by Crippen LogP contribution is -2.53. The van der Waals surface area contributed by atoms with Crippen LogP contribution in [0.1, 0.15) is 18.5 Å². The molecule has 10 nitrogen and oxygen atoms in total. The number of nitrogens with one attached hydrogen (secondary N) is 3. The molecule has 0 aliphatic heterocycles. The summed E-state index contributed by atoms with van der Waals surface area (Å²) in [4.78, 5) is 66.0. The van der Waals surface area contributed by atoms with Crippen LogP contribution in [0.3, 0.4) is 0 Å². The Morgan fingerprint density at radius 3 is 2.31 bits per heavy atom. The van der Waals surface area contributed by atoms with Crippen molar-refractivity contribution in [2.24, 2.45) is 0 Å². The van der Waals surface area contributed by atoms with Crippen molar-refractivity contribution in [2.75, 3.05) is 12.0 Å². The third-order valence-electron chi connectivity index (χ3n) is 5.42. The third kappa shape index (κ3) is 6.18. The van der Waals surface area contributed by atoms with E-state index in [0.717, 1.165) is 4.57 Å². The number of carboxylic acids is 1. The molecule has 0 saturated heterocycles. The molecule has 3 atom stereocenters. The van der Waals surface area contributed by atoms with Crippen LogP contribution in [0.25, 0.3) is 10.9 Å². The number of aromatic amines is 1. The zero-order valence-corrected chi connectivity index (χ0v) is 20.0. The number of aromatic nitrogens is 2. The molecule has 11 heteroatoms. The number of H-pyrrole nitrogens is 1. The van der Waals surface area contributed by atoms with Crippen LogP contribution in [-0.4, -0.2) is 56.5 Å². The number of hydrogen-bond acceptors (Lipinski definition) is 6. The van der Waals surface area contributed by atoms with E-state index in [4.69, 9.17) is 0 Å². The largest absolute Gasteiger partial charge is 0.480 e. The van der Waals surface area contributed by atoms with Gasteiger partial charge in [0, 0.05) is 12.2 Å². The number of amides is 2.